The van der Waals surface area contributed by atoms with Gasteiger partial charge in [0.2, 0.25) is 15.9 Å². The smallest absolute Gasteiger partial charge is 0.277 e. The molecule has 0 amide bonds. The number of H-pyrrole nitrogens is 1. The minimum Gasteiger partial charge on any atom is -0.411 e. The lowest BCUT2D eigenvalue weighted by Gasteiger charge is -2.18. The monoisotopic (exact) mass is 457 g/mol. The van der Waals surface area contributed by atoms with E-state index in [4.69, 9.17) is 4.42 Å². The first-order valence-corrected chi connectivity index (χ1v) is 12.4. The number of hydrogen-bond donors (Lipinski definition) is 1. The van der Waals surface area contributed by atoms with E-state index in [0.717, 1.165) is 11.1 Å². The van der Waals surface area contributed by atoms with E-state index < -0.39 is 10.0 Å². The number of nitrogens with zero attached hydrogens (tertiary/aromatic N) is 4. The van der Waals surface area contributed by atoms with Crippen LogP contribution in [0.25, 0.3) is 22.5 Å². The van der Waals surface area contributed by atoms with Crippen molar-refractivity contribution >= 4 is 32.8 Å². The van der Waals surface area contributed by atoms with Gasteiger partial charge in [-0.3, -0.25) is 0 Å². The van der Waals surface area contributed by atoms with Crippen LogP contribution in [-0.2, 0) is 15.8 Å². The molecule has 0 aliphatic heterocycles. The standard InChI is InChI=1S/C21H23N5O3S2/c1-4-26(5-2)31(27,28)15-10-11-17-18(12-15)23-19(22-17)13-30-21-25-24-20(29-21)16-9-7-6-8-14(16)3/h6-12H,4-5,13H2,1-3H3,(H,22,23). The van der Waals surface area contributed by atoms with Gasteiger partial charge in [-0.1, -0.05) is 43.8 Å². The van der Waals surface area contributed by atoms with Gasteiger partial charge >= 0.3 is 0 Å². The van der Waals surface area contributed by atoms with E-state index in [1.54, 1.807) is 18.2 Å². The number of sulfonamides is 1. The van der Waals surface area contributed by atoms with Gasteiger partial charge in [0.05, 0.1) is 21.7 Å². The number of hydrogen-bond acceptors (Lipinski definition) is 7. The molecule has 4 aromatic rings. The van der Waals surface area contributed by atoms with E-state index in [9.17, 15) is 8.42 Å². The summed E-state index contributed by atoms with van der Waals surface area (Å²) in [7, 11) is -3.52. The van der Waals surface area contributed by atoms with Crippen molar-refractivity contribution in [1.29, 1.82) is 0 Å². The van der Waals surface area contributed by atoms with Crippen molar-refractivity contribution in [3.8, 4) is 11.5 Å². The molecule has 8 nitrogen and oxygen atoms in total. The maximum absolute atomic E-state index is 12.8. The van der Waals surface area contributed by atoms with Gasteiger partial charge in [-0.15, -0.1) is 10.2 Å². The SMILES string of the molecule is CCN(CC)S(=O)(=O)c1ccc2nc(CSc3nnc(-c4ccccc4C)o3)[nH]c2c1. The van der Waals surface area contributed by atoms with Crippen molar-refractivity contribution in [2.24, 2.45) is 0 Å². The van der Waals surface area contributed by atoms with Crippen LogP contribution in [0.15, 0.2) is 57.0 Å². The van der Waals surface area contributed by atoms with Crippen LogP contribution in [0.3, 0.4) is 0 Å². The van der Waals surface area contributed by atoms with Crippen molar-refractivity contribution in [3.05, 3.63) is 53.9 Å². The largest absolute Gasteiger partial charge is 0.411 e. The number of rotatable bonds is 8. The third-order valence-electron chi connectivity index (χ3n) is 4.96. The molecule has 2 aromatic carbocycles. The molecule has 0 atom stereocenters. The molecule has 0 aliphatic carbocycles. The number of fused-ring (bicyclic) bond motifs is 1. The zero-order chi connectivity index (χ0) is 22.0. The third kappa shape index (κ3) is 4.36. The highest BCUT2D eigenvalue weighted by molar-refractivity contribution is 7.98. The van der Waals surface area contributed by atoms with Gasteiger partial charge < -0.3 is 9.40 Å². The number of nitrogens with one attached hydrogen (secondary N) is 1. The van der Waals surface area contributed by atoms with Crippen molar-refractivity contribution < 1.29 is 12.8 Å². The summed E-state index contributed by atoms with van der Waals surface area (Å²) in [5.41, 5.74) is 3.36. The van der Waals surface area contributed by atoms with Crippen LogP contribution in [0.4, 0.5) is 0 Å². The molecule has 0 aliphatic rings. The van der Waals surface area contributed by atoms with Gasteiger partial charge in [-0.05, 0) is 36.8 Å². The van der Waals surface area contributed by atoms with Crippen LogP contribution in [0.1, 0.15) is 25.2 Å². The highest BCUT2D eigenvalue weighted by Crippen LogP contribution is 2.28. The second-order valence-electron chi connectivity index (χ2n) is 6.93. The Kier molecular flexibility index (Phi) is 6.12. The van der Waals surface area contributed by atoms with Crippen LogP contribution < -0.4 is 0 Å². The molecular weight excluding hydrogens is 434 g/mol. The summed E-state index contributed by atoms with van der Waals surface area (Å²) in [5.74, 6) is 1.67. The highest BCUT2D eigenvalue weighted by atomic mass is 32.2. The van der Waals surface area contributed by atoms with E-state index >= 15 is 0 Å². The molecule has 10 heteroatoms. The molecule has 0 fully saturated rings. The lowest BCUT2D eigenvalue weighted by atomic mass is 10.1. The molecule has 1 N–H and O–H groups in total. The molecular formula is C21H23N5O3S2. The Morgan fingerprint density at radius 2 is 1.87 bits per heavy atom. The second kappa shape index (κ2) is 8.81. The summed E-state index contributed by atoms with van der Waals surface area (Å²) < 4.78 is 32.7. The molecule has 0 spiro atoms. The zero-order valence-corrected chi connectivity index (χ0v) is 19.1. The van der Waals surface area contributed by atoms with Gasteiger partial charge in [0.1, 0.15) is 5.82 Å². The number of thioether (sulfide) groups is 1. The summed E-state index contributed by atoms with van der Waals surface area (Å²) in [6.07, 6.45) is 0. The summed E-state index contributed by atoms with van der Waals surface area (Å²) >= 11 is 1.37. The van der Waals surface area contributed by atoms with E-state index in [1.165, 1.54) is 16.1 Å². The minimum absolute atomic E-state index is 0.256. The molecule has 31 heavy (non-hydrogen) atoms. The predicted molar refractivity (Wildman–Crippen MR) is 120 cm³/mol. The number of aryl methyl sites for hydroxylation is 1. The van der Waals surface area contributed by atoms with E-state index in [1.807, 2.05) is 45.0 Å². The summed E-state index contributed by atoms with van der Waals surface area (Å²) in [4.78, 5) is 7.99. The molecule has 0 saturated carbocycles. The molecule has 0 radical (unpaired) electrons. The average Bonchev–Trinajstić information content (AvgIpc) is 3.39. The quantitative estimate of drug-likeness (QED) is 0.394. The van der Waals surface area contributed by atoms with Crippen LogP contribution in [0.2, 0.25) is 0 Å². The lowest BCUT2D eigenvalue weighted by Crippen LogP contribution is -2.30. The predicted octanol–water partition coefficient (Wildman–Crippen LogP) is 4.24. The molecule has 0 saturated heterocycles. The molecule has 0 unspecified atom stereocenters. The van der Waals surface area contributed by atoms with Gasteiger partial charge in [0, 0.05) is 18.7 Å². The summed E-state index contributed by atoms with van der Waals surface area (Å²) in [6.45, 7) is 6.50. The Morgan fingerprint density at radius 3 is 2.61 bits per heavy atom. The van der Waals surface area contributed by atoms with Crippen molar-refractivity contribution in [2.45, 2.75) is 36.6 Å². The fourth-order valence-electron chi connectivity index (χ4n) is 3.30. The van der Waals surface area contributed by atoms with Gasteiger partial charge in [-0.25, -0.2) is 13.4 Å². The number of aromatic nitrogens is 4. The molecule has 0 bridgehead atoms. The molecule has 4 rings (SSSR count). The second-order valence-corrected chi connectivity index (χ2v) is 9.79. The first kappa shape index (κ1) is 21.5. The van der Waals surface area contributed by atoms with Crippen LogP contribution in [0, 0.1) is 6.92 Å². The molecule has 2 heterocycles. The van der Waals surface area contributed by atoms with Crippen LogP contribution >= 0.6 is 11.8 Å². The van der Waals surface area contributed by atoms with Crippen LogP contribution in [0.5, 0.6) is 0 Å². The topological polar surface area (TPSA) is 105 Å². The summed E-state index contributed by atoms with van der Waals surface area (Å²) in [5, 5.41) is 8.69. The fourth-order valence-corrected chi connectivity index (χ4v) is 5.42. The van der Waals surface area contributed by atoms with E-state index in [-0.39, 0.29) is 4.90 Å². The molecule has 2 aromatic heterocycles. The number of imidazole rings is 1. The highest BCUT2D eigenvalue weighted by Gasteiger charge is 2.22. The maximum atomic E-state index is 12.8. The zero-order valence-electron chi connectivity index (χ0n) is 17.5. The van der Waals surface area contributed by atoms with Gasteiger partial charge in [0.25, 0.3) is 5.22 Å². The fraction of sp³-hybridized carbons (Fsp3) is 0.286. The van der Waals surface area contributed by atoms with Crippen LogP contribution in [-0.4, -0.2) is 46.0 Å². The van der Waals surface area contributed by atoms with E-state index in [2.05, 4.69) is 20.2 Å². The average molecular weight is 458 g/mol. The van der Waals surface area contributed by atoms with E-state index in [0.29, 0.717) is 46.8 Å². The Balaban J connectivity index is 1.51. The number of aromatic amines is 1. The Bertz CT molecular complexity index is 1310. The Labute approximate surface area is 185 Å². The normalized spacial score (nSPS) is 12.1. The van der Waals surface area contributed by atoms with Gasteiger partial charge in [0.15, 0.2) is 0 Å². The van der Waals surface area contributed by atoms with Crippen molar-refractivity contribution in [3.63, 3.8) is 0 Å². The maximum Gasteiger partial charge on any atom is 0.277 e. The van der Waals surface area contributed by atoms with Crippen molar-refractivity contribution in [1.82, 2.24) is 24.5 Å². The third-order valence-corrected chi connectivity index (χ3v) is 7.84. The first-order chi connectivity index (χ1) is 14.9. The summed E-state index contributed by atoms with van der Waals surface area (Å²) in [6, 6.07) is 12.8. The van der Waals surface area contributed by atoms with Gasteiger partial charge in [-0.2, -0.15) is 4.31 Å². The molecule has 162 valence electrons. The van der Waals surface area contributed by atoms with Crippen molar-refractivity contribution in [2.75, 3.05) is 13.1 Å². The first-order valence-electron chi connectivity index (χ1n) is 9.93. The Hall–Kier alpha value is -2.69. The minimum atomic E-state index is -3.52. The Morgan fingerprint density at radius 1 is 1.10 bits per heavy atom. The lowest BCUT2D eigenvalue weighted by molar-refractivity contribution is 0.445. The number of benzene rings is 2.